The number of nitro benzene ring substituents is 3. The molecule has 11 nitrogen and oxygen atoms in total. The number of hydrogen-bond acceptors (Lipinski definition) is 8. The Labute approximate surface area is 112 Å². The predicted molar refractivity (Wildman–Crippen MR) is 59.6 cm³/mol. The Morgan fingerprint density at radius 2 is 1.37 bits per heavy atom. The molecule has 0 heterocycles. The van der Waals surface area contributed by atoms with Gasteiger partial charge in [0.15, 0.2) is 0 Å². The summed E-state index contributed by atoms with van der Waals surface area (Å²) in [5, 5.41) is 40.3. The van der Waals surface area contributed by atoms with Gasteiger partial charge in [0.25, 0.3) is 5.75 Å². The highest BCUT2D eigenvalue weighted by Gasteiger charge is 2.43. The van der Waals surface area contributed by atoms with E-state index in [2.05, 4.69) is 4.29 Å². The van der Waals surface area contributed by atoms with Crippen LogP contribution in [0.4, 0.5) is 17.1 Å². The molecule has 0 aliphatic rings. The Bertz CT molecular complexity index is 562. The first-order valence-corrected chi connectivity index (χ1v) is 4.72. The normalized spacial score (nSPS) is 10.0. The lowest BCUT2D eigenvalue weighted by molar-refractivity contribution is -0.405. The summed E-state index contributed by atoms with van der Waals surface area (Å²) in [6.07, 6.45) is 0. The van der Waals surface area contributed by atoms with Crippen molar-refractivity contribution in [3.8, 4) is 11.5 Å². The molecule has 0 aliphatic heterocycles. The molecule has 0 aromatic heterocycles. The molecule has 1 aromatic rings. The predicted octanol–water partition coefficient (Wildman–Crippen LogP) is 2.30. The molecule has 0 saturated carbocycles. The number of phenolic OH excluding ortho intramolecular Hbond substituents is 1. The molecule has 1 aromatic carbocycles. The van der Waals surface area contributed by atoms with Gasteiger partial charge in [0.05, 0.1) is 14.8 Å². The number of benzene rings is 1. The Balaban J connectivity index is 3.99. The molecule has 0 aliphatic carbocycles. The molecule has 13 heteroatoms. The summed E-state index contributed by atoms with van der Waals surface area (Å²) in [6, 6.07) is 0. The van der Waals surface area contributed by atoms with Crippen molar-refractivity contribution in [1.82, 2.24) is 0 Å². The van der Waals surface area contributed by atoms with Crippen LogP contribution >= 0.6 is 23.5 Å². The molecule has 102 valence electrons. The van der Waals surface area contributed by atoms with Crippen LogP contribution in [0.5, 0.6) is 11.5 Å². The van der Waals surface area contributed by atoms with Crippen molar-refractivity contribution in [2.75, 3.05) is 0 Å². The average Bonchev–Trinajstić information content (AvgIpc) is 2.25. The lowest BCUT2D eigenvalue weighted by Crippen LogP contribution is -2.02. The van der Waals surface area contributed by atoms with Crippen molar-refractivity contribution in [1.29, 1.82) is 0 Å². The number of hydrogen-bond donors (Lipinski definition) is 1. The van der Waals surface area contributed by atoms with Crippen LogP contribution in [-0.4, -0.2) is 19.9 Å². The van der Waals surface area contributed by atoms with Crippen LogP contribution in [0.3, 0.4) is 0 Å². The van der Waals surface area contributed by atoms with Gasteiger partial charge in [-0.2, -0.15) is 0 Å². The molecule has 0 bridgehead atoms. The van der Waals surface area contributed by atoms with E-state index in [9.17, 15) is 35.4 Å². The third-order valence-electron chi connectivity index (χ3n) is 1.92. The summed E-state index contributed by atoms with van der Waals surface area (Å²) in [4.78, 5) is 28.1. The van der Waals surface area contributed by atoms with E-state index in [0.29, 0.717) is 0 Å². The van der Waals surface area contributed by atoms with Gasteiger partial charge in [-0.15, -0.1) is 0 Å². The first-order valence-electron chi connectivity index (χ1n) is 4.04. The maximum absolute atomic E-state index is 10.7. The van der Waals surface area contributed by atoms with Crippen molar-refractivity contribution < 1.29 is 24.2 Å². The van der Waals surface area contributed by atoms with Crippen molar-refractivity contribution in [2.24, 2.45) is 0 Å². The minimum Gasteiger partial charge on any atom is -0.497 e. The van der Waals surface area contributed by atoms with Gasteiger partial charge in [-0.3, -0.25) is 30.3 Å². The highest BCUT2D eigenvalue weighted by molar-refractivity contribution is 6.36. The van der Waals surface area contributed by atoms with E-state index in [0.717, 1.165) is 0 Å². The molecule has 19 heavy (non-hydrogen) atoms. The highest BCUT2D eigenvalue weighted by Crippen LogP contribution is 2.54. The number of nitro groups is 3. The summed E-state index contributed by atoms with van der Waals surface area (Å²) >= 11 is 10.2. The second-order valence-corrected chi connectivity index (χ2v) is 3.42. The van der Waals surface area contributed by atoms with Gasteiger partial charge in [-0.1, -0.05) is 11.6 Å². The molecule has 1 rings (SSSR count). The maximum atomic E-state index is 10.7. The molecular formula is C6HCl2N3O8. The van der Waals surface area contributed by atoms with Crippen LogP contribution in [0.25, 0.3) is 0 Å². The van der Waals surface area contributed by atoms with Gasteiger partial charge in [-0.05, 0) is 0 Å². The first kappa shape index (κ1) is 14.7. The quantitative estimate of drug-likeness (QED) is 0.654. The average molecular weight is 314 g/mol. The zero-order valence-electron chi connectivity index (χ0n) is 8.40. The lowest BCUT2D eigenvalue weighted by Gasteiger charge is -2.05. The van der Waals surface area contributed by atoms with E-state index in [1.165, 1.54) is 0 Å². The molecular weight excluding hydrogens is 313 g/mol. The minimum atomic E-state index is -1.50. The summed E-state index contributed by atoms with van der Waals surface area (Å²) < 4.78 is 3.92. The molecule has 0 radical (unpaired) electrons. The van der Waals surface area contributed by atoms with E-state index in [1.807, 2.05) is 0 Å². The van der Waals surface area contributed by atoms with Gasteiger partial charge in [-0.25, -0.2) is 0 Å². The molecule has 0 saturated heterocycles. The van der Waals surface area contributed by atoms with E-state index in [1.54, 1.807) is 0 Å². The zero-order chi connectivity index (χ0) is 14.9. The van der Waals surface area contributed by atoms with Gasteiger partial charge in [0.2, 0.25) is 5.02 Å². The van der Waals surface area contributed by atoms with Crippen molar-refractivity contribution in [3.63, 3.8) is 0 Å². The summed E-state index contributed by atoms with van der Waals surface area (Å²) in [7, 11) is 0. The fourth-order valence-corrected chi connectivity index (χ4v) is 1.68. The Hall–Kier alpha value is -2.40. The molecule has 0 spiro atoms. The SMILES string of the molecule is O=[N+]([O-])c1c(O)c([N+](=O)[O-])c(OCl)c([N+](=O)[O-])c1Cl. The highest BCUT2D eigenvalue weighted by atomic mass is 35.5. The Morgan fingerprint density at radius 3 is 1.68 bits per heavy atom. The van der Waals surface area contributed by atoms with Crippen LogP contribution < -0.4 is 4.29 Å². The largest absolute Gasteiger partial charge is 0.497 e. The van der Waals surface area contributed by atoms with Crippen molar-refractivity contribution >= 4 is 40.5 Å². The van der Waals surface area contributed by atoms with Crippen molar-refractivity contribution in [3.05, 3.63) is 35.4 Å². The van der Waals surface area contributed by atoms with E-state index in [-0.39, 0.29) is 0 Å². The third-order valence-corrected chi connectivity index (χ3v) is 2.43. The topological polar surface area (TPSA) is 159 Å². The minimum absolute atomic E-state index is 1.14. The van der Waals surface area contributed by atoms with Gasteiger partial charge in [0, 0.05) is 0 Å². The van der Waals surface area contributed by atoms with Gasteiger partial charge < -0.3 is 9.40 Å². The van der Waals surface area contributed by atoms with E-state index in [4.69, 9.17) is 23.5 Å². The molecule has 0 fully saturated rings. The molecule has 0 amide bonds. The number of halogens is 2. The number of rotatable bonds is 4. The number of phenols is 1. The molecule has 1 N–H and O–H groups in total. The third kappa shape index (κ3) is 2.28. The summed E-state index contributed by atoms with van der Waals surface area (Å²) in [6.45, 7) is 0. The van der Waals surface area contributed by atoms with Crippen molar-refractivity contribution in [2.45, 2.75) is 0 Å². The van der Waals surface area contributed by atoms with Crippen LogP contribution in [0.15, 0.2) is 0 Å². The van der Waals surface area contributed by atoms with Crippen LogP contribution in [-0.2, 0) is 0 Å². The van der Waals surface area contributed by atoms with Gasteiger partial charge in [0.1, 0.15) is 11.9 Å². The molecule has 0 atom stereocenters. The number of aromatic hydroxyl groups is 1. The first-order chi connectivity index (χ1) is 8.73. The second-order valence-electron chi connectivity index (χ2n) is 2.89. The maximum Gasteiger partial charge on any atom is 0.369 e. The van der Waals surface area contributed by atoms with Crippen LogP contribution in [0.2, 0.25) is 5.02 Å². The summed E-state index contributed by atoms with van der Waals surface area (Å²) in [5.41, 5.74) is -4.12. The van der Waals surface area contributed by atoms with Crippen LogP contribution in [0.1, 0.15) is 0 Å². The second kappa shape index (κ2) is 5.07. The molecule has 0 unspecified atom stereocenters. The summed E-state index contributed by atoms with van der Waals surface area (Å²) in [5.74, 6) is -2.70. The Kier molecular flexibility index (Phi) is 3.92. The smallest absolute Gasteiger partial charge is 0.369 e. The monoisotopic (exact) mass is 313 g/mol. The van der Waals surface area contributed by atoms with Crippen LogP contribution in [0, 0.1) is 30.3 Å². The fourth-order valence-electron chi connectivity index (χ4n) is 1.22. The number of nitrogens with zero attached hydrogens (tertiary/aromatic N) is 3. The van der Waals surface area contributed by atoms with E-state index >= 15 is 0 Å². The fraction of sp³-hybridized carbons (Fsp3) is 0. The standard InChI is InChI=1S/C6HCl2N3O8/c7-1-2(9(13)14)5(12)4(11(17)18)6(19-8)3(1)10(15)16/h12H. The van der Waals surface area contributed by atoms with E-state index < -0.39 is 48.4 Å². The zero-order valence-corrected chi connectivity index (χ0v) is 9.91. The lowest BCUT2D eigenvalue weighted by atomic mass is 10.2. The Morgan fingerprint density at radius 1 is 0.947 bits per heavy atom. The van der Waals surface area contributed by atoms with Gasteiger partial charge >= 0.3 is 22.8 Å².